The minimum atomic E-state index is 0.409. The van der Waals surface area contributed by atoms with Gasteiger partial charge in [0, 0.05) is 18.0 Å². The Morgan fingerprint density at radius 1 is 1.35 bits per heavy atom. The lowest BCUT2D eigenvalue weighted by molar-refractivity contribution is 0.349. The first-order valence-electron chi connectivity index (χ1n) is 5.80. The molecule has 1 aliphatic heterocycles. The van der Waals surface area contributed by atoms with E-state index in [1.165, 1.54) is 0 Å². The molecule has 0 radical (unpaired) electrons. The third-order valence-electron chi connectivity index (χ3n) is 3.29. The lowest BCUT2D eigenvalue weighted by Crippen LogP contribution is -2.10. The summed E-state index contributed by atoms with van der Waals surface area (Å²) in [7, 11) is 3.32. The molecule has 0 saturated carbocycles. The van der Waals surface area contributed by atoms with Crippen LogP contribution in [0.15, 0.2) is 6.07 Å². The van der Waals surface area contributed by atoms with E-state index < -0.39 is 0 Å². The van der Waals surface area contributed by atoms with E-state index in [0.717, 1.165) is 47.2 Å². The van der Waals surface area contributed by atoms with Crippen molar-refractivity contribution < 1.29 is 9.47 Å². The predicted molar refractivity (Wildman–Crippen MR) is 69.5 cm³/mol. The molecule has 0 amide bonds. The van der Waals surface area contributed by atoms with Gasteiger partial charge in [0.05, 0.1) is 19.2 Å². The maximum absolute atomic E-state index is 6.42. The Kier molecular flexibility index (Phi) is 3.79. The summed E-state index contributed by atoms with van der Waals surface area (Å²) in [6, 6.07) is 1.92. The SMILES string of the molecule is COc1cc(C)c(Cl)c(C2CCNC2)c1OC. The Hall–Kier alpha value is -0.930. The highest BCUT2D eigenvalue weighted by Gasteiger charge is 2.26. The Labute approximate surface area is 107 Å². The summed E-state index contributed by atoms with van der Waals surface area (Å²) in [5.41, 5.74) is 2.11. The molecule has 0 spiro atoms. The molecular formula is C13H18ClNO2. The first kappa shape index (κ1) is 12.5. The molecule has 1 fully saturated rings. The number of benzene rings is 1. The molecule has 4 heteroatoms. The van der Waals surface area contributed by atoms with E-state index in [4.69, 9.17) is 21.1 Å². The van der Waals surface area contributed by atoms with Gasteiger partial charge in [-0.3, -0.25) is 0 Å². The van der Waals surface area contributed by atoms with Crippen LogP contribution in [0.3, 0.4) is 0 Å². The molecule has 1 aliphatic rings. The molecule has 1 atom stereocenters. The summed E-state index contributed by atoms with van der Waals surface area (Å²) in [4.78, 5) is 0. The van der Waals surface area contributed by atoms with Crippen LogP contribution in [0.2, 0.25) is 5.02 Å². The van der Waals surface area contributed by atoms with Crippen molar-refractivity contribution in [3.8, 4) is 11.5 Å². The zero-order valence-corrected chi connectivity index (χ0v) is 11.2. The first-order valence-corrected chi connectivity index (χ1v) is 6.18. The molecule has 17 heavy (non-hydrogen) atoms. The monoisotopic (exact) mass is 255 g/mol. The van der Waals surface area contributed by atoms with Gasteiger partial charge in [0.25, 0.3) is 0 Å². The summed E-state index contributed by atoms with van der Waals surface area (Å²) in [5.74, 6) is 1.94. The van der Waals surface area contributed by atoms with E-state index in [-0.39, 0.29) is 0 Å². The second-order valence-electron chi connectivity index (χ2n) is 4.35. The number of hydrogen-bond acceptors (Lipinski definition) is 3. The molecule has 0 aromatic heterocycles. The predicted octanol–water partition coefficient (Wildman–Crippen LogP) is 2.74. The van der Waals surface area contributed by atoms with Crippen LogP contribution < -0.4 is 14.8 Å². The highest BCUT2D eigenvalue weighted by Crippen LogP contribution is 2.44. The Morgan fingerprint density at radius 2 is 2.12 bits per heavy atom. The van der Waals surface area contributed by atoms with Crippen molar-refractivity contribution in [2.45, 2.75) is 19.3 Å². The Bertz CT molecular complexity index is 414. The van der Waals surface area contributed by atoms with Gasteiger partial charge in [0.2, 0.25) is 0 Å². The van der Waals surface area contributed by atoms with Gasteiger partial charge >= 0.3 is 0 Å². The molecular weight excluding hydrogens is 238 g/mol. The van der Waals surface area contributed by atoms with Crippen LogP contribution in [-0.4, -0.2) is 27.3 Å². The smallest absolute Gasteiger partial charge is 0.165 e. The second-order valence-corrected chi connectivity index (χ2v) is 4.72. The standard InChI is InChI=1S/C13H18ClNO2/c1-8-6-10(16-2)13(17-3)11(12(8)14)9-4-5-15-7-9/h6,9,15H,4-5,7H2,1-3H3. The summed E-state index contributed by atoms with van der Waals surface area (Å²) in [6.45, 7) is 3.97. The number of halogens is 1. The van der Waals surface area contributed by atoms with Crippen molar-refractivity contribution in [1.29, 1.82) is 0 Å². The molecule has 94 valence electrons. The third kappa shape index (κ3) is 2.22. The number of hydrogen-bond donors (Lipinski definition) is 1. The molecule has 0 aliphatic carbocycles. The molecule has 0 bridgehead atoms. The zero-order valence-electron chi connectivity index (χ0n) is 10.5. The van der Waals surface area contributed by atoms with Gasteiger partial charge < -0.3 is 14.8 Å². The quantitative estimate of drug-likeness (QED) is 0.901. The third-order valence-corrected chi connectivity index (χ3v) is 3.79. The minimum Gasteiger partial charge on any atom is -0.493 e. The van der Waals surface area contributed by atoms with Crippen LogP contribution in [-0.2, 0) is 0 Å². The van der Waals surface area contributed by atoms with Crippen molar-refractivity contribution in [2.75, 3.05) is 27.3 Å². The van der Waals surface area contributed by atoms with E-state index in [2.05, 4.69) is 5.32 Å². The highest BCUT2D eigenvalue weighted by atomic mass is 35.5. The number of ether oxygens (including phenoxy) is 2. The zero-order chi connectivity index (χ0) is 12.4. The average Bonchev–Trinajstić information content (AvgIpc) is 2.85. The maximum Gasteiger partial charge on any atom is 0.165 e. The molecule has 2 rings (SSSR count). The molecule has 1 N–H and O–H groups in total. The van der Waals surface area contributed by atoms with E-state index in [1.807, 2.05) is 13.0 Å². The molecule has 1 aromatic carbocycles. The Balaban J connectivity index is 2.56. The number of nitrogens with one attached hydrogen (secondary N) is 1. The van der Waals surface area contributed by atoms with E-state index in [9.17, 15) is 0 Å². The maximum atomic E-state index is 6.42. The van der Waals surface area contributed by atoms with Crippen LogP contribution >= 0.6 is 11.6 Å². The Morgan fingerprint density at radius 3 is 2.65 bits per heavy atom. The van der Waals surface area contributed by atoms with Crippen LogP contribution in [0.1, 0.15) is 23.5 Å². The first-order chi connectivity index (χ1) is 8.19. The summed E-state index contributed by atoms with van der Waals surface area (Å²) in [6.07, 6.45) is 1.09. The summed E-state index contributed by atoms with van der Waals surface area (Å²) in [5, 5.41) is 4.15. The van der Waals surface area contributed by atoms with Gasteiger partial charge in [0.15, 0.2) is 11.5 Å². The molecule has 1 saturated heterocycles. The van der Waals surface area contributed by atoms with E-state index >= 15 is 0 Å². The van der Waals surface area contributed by atoms with Crippen LogP contribution in [0.5, 0.6) is 11.5 Å². The molecule has 3 nitrogen and oxygen atoms in total. The summed E-state index contributed by atoms with van der Waals surface area (Å²) >= 11 is 6.42. The largest absolute Gasteiger partial charge is 0.493 e. The lowest BCUT2D eigenvalue weighted by atomic mass is 9.95. The van der Waals surface area contributed by atoms with Gasteiger partial charge in [-0.2, -0.15) is 0 Å². The summed E-state index contributed by atoms with van der Waals surface area (Å²) < 4.78 is 10.8. The van der Waals surface area contributed by atoms with Gasteiger partial charge in [-0.1, -0.05) is 11.6 Å². The average molecular weight is 256 g/mol. The topological polar surface area (TPSA) is 30.5 Å². The fourth-order valence-electron chi connectivity index (χ4n) is 2.40. The van der Waals surface area contributed by atoms with Gasteiger partial charge in [-0.15, -0.1) is 0 Å². The second kappa shape index (κ2) is 5.15. The van der Waals surface area contributed by atoms with E-state index in [0.29, 0.717) is 5.92 Å². The fourth-order valence-corrected chi connectivity index (χ4v) is 2.69. The number of aryl methyl sites for hydroxylation is 1. The van der Waals surface area contributed by atoms with Gasteiger partial charge in [0.1, 0.15) is 0 Å². The van der Waals surface area contributed by atoms with Crippen LogP contribution in [0.4, 0.5) is 0 Å². The van der Waals surface area contributed by atoms with Crippen molar-refractivity contribution in [3.63, 3.8) is 0 Å². The van der Waals surface area contributed by atoms with Crippen molar-refractivity contribution in [3.05, 3.63) is 22.2 Å². The molecule has 1 unspecified atom stereocenters. The molecule has 1 aromatic rings. The van der Waals surface area contributed by atoms with Gasteiger partial charge in [-0.05, 0) is 31.5 Å². The fraction of sp³-hybridized carbons (Fsp3) is 0.538. The van der Waals surface area contributed by atoms with Crippen LogP contribution in [0.25, 0.3) is 0 Å². The van der Waals surface area contributed by atoms with Gasteiger partial charge in [-0.25, -0.2) is 0 Å². The van der Waals surface area contributed by atoms with E-state index in [1.54, 1.807) is 14.2 Å². The van der Waals surface area contributed by atoms with Crippen molar-refractivity contribution in [1.82, 2.24) is 5.32 Å². The number of rotatable bonds is 3. The highest BCUT2D eigenvalue weighted by molar-refractivity contribution is 6.32. The minimum absolute atomic E-state index is 0.409. The normalized spacial score (nSPS) is 19.4. The van der Waals surface area contributed by atoms with Crippen molar-refractivity contribution in [2.24, 2.45) is 0 Å². The van der Waals surface area contributed by atoms with Crippen molar-refractivity contribution >= 4 is 11.6 Å². The number of methoxy groups -OCH3 is 2. The van der Waals surface area contributed by atoms with Crippen LogP contribution in [0, 0.1) is 6.92 Å². The lowest BCUT2D eigenvalue weighted by Gasteiger charge is -2.20. The molecule has 1 heterocycles.